The Kier molecular flexibility index (Phi) is 5.57. The van der Waals surface area contributed by atoms with Gasteiger partial charge in [-0.2, -0.15) is 0 Å². The molecular weight excluding hydrogens is 344 g/mol. The van der Waals surface area contributed by atoms with Gasteiger partial charge >= 0.3 is 5.97 Å². The van der Waals surface area contributed by atoms with Crippen molar-refractivity contribution in [1.29, 1.82) is 0 Å². The molecule has 1 atom stereocenters. The zero-order valence-corrected chi connectivity index (χ0v) is 15.3. The highest BCUT2D eigenvalue weighted by molar-refractivity contribution is 6.12. The van der Waals surface area contributed by atoms with E-state index < -0.39 is 12.1 Å². The first kappa shape index (κ1) is 18.7. The molecule has 0 bridgehead atoms. The number of aliphatic hydroxyl groups is 1. The molecule has 0 saturated heterocycles. The van der Waals surface area contributed by atoms with Crippen molar-refractivity contribution in [3.8, 4) is 0 Å². The van der Waals surface area contributed by atoms with Gasteiger partial charge in [-0.25, -0.2) is 4.79 Å². The number of para-hydroxylation sites is 2. The largest absolute Gasteiger partial charge is 0.451 e. The van der Waals surface area contributed by atoms with Gasteiger partial charge in [-0.05, 0) is 32.0 Å². The number of Topliss-reactive ketones (excluding diaryl/α,β-unsaturated/α-hetero) is 1. The van der Waals surface area contributed by atoms with Crippen LogP contribution in [0, 0.1) is 6.92 Å². The Balaban J connectivity index is 1.81. The fourth-order valence-electron chi connectivity index (χ4n) is 3.08. The molecular formula is C21H22N2O4. The number of hydrogen-bond acceptors (Lipinski definition) is 5. The van der Waals surface area contributed by atoms with Crippen molar-refractivity contribution in [3.05, 3.63) is 65.4 Å². The summed E-state index contributed by atoms with van der Waals surface area (Å²) in [5.74, 6) is -0.839. The molecule has 0 aliphatic carbocycles. The molecule has 0 fully saturated rings. The SMILES string of the molecule is Cc1[nH]c2ccccc2c1C(=O)[C@@H](C)OC(=O)c1ccccc1NCCO. The van der Waals surface area contributed by atoms with E-state index in [1.54, 1.807) is 31.2 Å². The van der Waals surface area contributed by atoms with Gasteiger partial charge < -0.3 is 20.1 Å². The molecule has 3 N–H and O–H groups in total. The molecule has 3 aromatic rings. The summed E-state index contributed by atoms with van der Waals surface area (Å²) < 4.78 is 5.44. The summed E-state index contributed by atoms with van der Waals surface area (Å²) in [7, 11) is 0. The van der Waals surface area contributed by atoms with Gasteiger partial charge in [0.05, 0.1) is 12.2 Å². The van der Waals surface area contributed by atoms with E-state index in [4.69, 9.17) is 9.84 Å². The summed E-state index contributed by atoms with van der Waals surface area (Å²) in [4.78, 5) is 28.7. The van der Waals surface area contributed by atoms with Crippen molar-refractivity contribution < 1.29 is 19.4 Å². The predicted molar refractivity (Wildman–Crippen MR) is 104 cm³/mol. The molecule has 2 aromatic carbocycles. The Morgan fingerprint density at radius 3 is 2.63 bits per heavy atom. The van der Waals surface area contributed by atoms with Crippen molar-refractivity contribution in [3.63, 3.8) is 0 Å². The maximum absolute atomic E-state index is 12.9. The highest BCUT2D eigenvalue weighted by atomic mass is 16.5. The lowest BCUT2D eigenvalue weighted by molar-refractivity contribution is 0.0320. The number of aryl methyl sites for hydroxylation is 1. The van der Waals surface area contributed by atoms with Crippen molar-refractivity contribution in [2.24, 2.45) is 0 Å². The van der Waals surface area contributed by atoms with Gasteiger partial charge in [-0.3, -0.25) is 4.79 Å². The third kappa shape index (κ3) is 3.85. The van der Waals surface area contributed by atoms with Crippen LogP contribution in [0.4, 0.5) is 5.69 Å². The second kappa shape index (κ2) is 8.05. The summed E-state index contributed by atoms with van der Waals surface area (Å²) >= 11 is 0. The van der Waals surface area contributed by atoms with Crippen LogP contribution in [-0.4, -0.2) is 41.1 Å². The number of nitrogens with one attached hydrogen (secondary N) is 2. The highest BCUT2D eigenvalue weighted by Crippen LogP contribution is 2.24. The molecule has 1 heterocycles. The Morgan fingerprint density at radius 2 is 1.85 bits per heavy atom. The van der Waals surface area contributed by atoms with Gasteiger partial charge in [-0.1, -0.05) is 30.3 Å². The summed E-state index contributed by atoms with van der Waals surface area (Å²) in [5.41, 5.74) is 3.03. The van der Waals surface area contributed by atoms with Crippen molar-refractivity contribution >= 4 is 28.3 Å². The number of H-pyrrole nitrogens is 1. The van der Waals surface area contributed by atoms with Crippen LogP contribution in [-0.2, 0) is 4.74 Å². The third-order valence-electron chi connectivity index (χ3n) is 4.37. The van der Waals surface area contributed by atoms with Crippen LogP contribution >= 0.6 is 0 Å². The van der Waals surface area contributed by atoms with Crippen LogP contribution in [0.3, 0.4) is 0 Å². The van der Waals surface area contributed by atoms with Crippen LogP contribution in [0.5, 0.6) is 0 Å². The predicted octanol–water partition coefficient (Wildman–Crippen LogP) is 3.31. The number of ether oxygens (including phenoxy) is 1. The second-order valence-electron chi connectivity index (χ2n) is 6.28. The number of ketones is 1. The first-order chi connectivity index (χ1) is 13.0. The number of benzene rings is 2. The number of aliphatic hydroxyl groups excluding tert-OH is 1. The molecule has 6 heteroatoms. The number of carbonyl (C=O) groups excluding carboxylic acids is 2. The Hall–Kier alpha value is -3.12. The quantitative estimate of drug-likeness (QED) is 0.441. The monoisotopic (exact) mass is 366 g/mol. The van der Waals surface area contributed by atoms with E-state index >= 15 is 0 Å². The summed E-state index contributed by atoms with van der Waals surface area (Å²) in [6.45, 7) is 3.66. The van der Waals surface area contributed by atoms with Crippen LogP contribution in [0.1, 0.15) is 33.3 Å². The highest BCUT2D eigenvalue weighted by Gasteiger charge is 2.25. The van der Waals surface area contributed by atoms with Crippen LogP contribution in [0.25, 0.3) is 10.9 Å². The van der Waals surface area contributed by atoms with Crippen LogP contribution in [0.2, 0.25) is 0 Å². The topological polar surface area (TPSA) is 91.4 Å². The number of anilines is 1. The van der Waals surface area contributed by atoms with E-state index in [2.05, 4.69) is 10.3 Å². The first-order valence-corrected chi connectivity index (χ1v) is 8.79. The molecule has 6 nitrogen and oxygen atoms in total. The Morgan fingerprint density at radius 1 is 1.15 bits per heavy atom. The molecule has 0 saturated carbocycles. The van der Waals surface area contributed by atoms with Gasteiger partial charge in [0.1, 0.15) is 0 Å². The lowest BCUT2D eigenvalue weighted by Gasteiger charge is -2.15. The number of esters is 1. The van der Waals surface area contributed by atoms with Gasteiger partial charge in [-0.15, -0.1) is 0 Å². The maximum atomic E-state index is 12.9. The van der Waals surface area contributed by atoms with Crippen molar-refractivity contribution in [1.82, 2.24) is 4.98 Å². The first-order valence-electron chi connectivity index (χ1n) is 8.79. The van der Waals surface area contributed by atoms with E-state index in [9.17, 15) is 9.59 Å². The molecule has 0 amide bonds. The molecule has 0 aliphatic heterocycles. The molecule has 3 rings (SSSR count). The summed E-state index contributed by atoms with van der Waals surface area (Å²) in [6.07, 6.45) is -0.929. The maximum Gasteiger partial charge on any atom is 0.340 e. The van der Waals surface area contributed by atoms with Gasteiger partial charge in [0.15, 0.2) is 6.10 Å². The summed E-state index contributed by atoms with van der Waals surface area (Å²) in [5, 5.41) is 12.7. The number of aromatic nitrogens is 1. The van der Waals surface area contributed by atoms with Gasteiger partial charge in [0.25, 0.3) is 0 Å². The fraction of sp³-hybridized carbons (Fsp3) is 0.238. The minimum atomic E-state index is -0.929. The number of fused-ring (bicyclic) bond motifs is 1. The normalized spacial score (nSPS) is 12.0. The zero-order valence-electron chi connectivity index (χ0n) is 15.3. The number of carbonyl (C=O) groups is 2. The average molecular weight is 366 g/mol. The lowest BCUT2D eigenvalue weighted by atomic mass is 10.0. The number of aromatic amines is 1. The fourth-order valence-corrected chi connectivity index (χ4v) is 3.08. The molecule has 27 heavy (non-hydrogen) atoms. The van der Waals surface area contributed by atoms with E-state index in [1.165, 1.54) is 0 Å². The Bertz CT molecular complexity index is 977. The lowest BCUT2D eigenvalue weighted by Crippen LogP contribution is -2.25. The second-order valence-corrected chi connectivity index (χ2v) is 6.28. The average Bonchev–Trinajstić information content (AvgIpc) is 3.01. The molecule has 0 unspecified atom stereocenters. The number of rotatable bonds is 7. The molecule has 1 aromatic heterocycles. The molecule has 0 radical (unpaired) electrons. The Labute approximate surface area is 157 Å². The smallest absolute Gasteiger partial charge is 0.340 e. The summed E-state index contributed by atoms with van der Waals surface area (Å²) in [6, 6.07) is 14.4. The number of hydrogen-bond donors (Lipinski definition) is 3. The standard InChI is InChI=1S/C21H22N2O4/c1-13-19(15-7-3-6-10-18(15)23-13)20(25)14(2)27-21(26)16-8-4-5-9-17(16)22-11-12-24/h3-10,14,22-24H,11-12H2,1-2H3/t14-/m1/s1. The molecule has 0 aliphatic rings. The van der Waals surface area contributed by atoms with Crippen molar-refractivity contribution in [2.75, 3.05) is 18.5 Å². The van der Waals surface area contributed by atoms with E-state index in [1.807, 2.05) is 31.2 Å². The van der Waals surface area contributed by atoms with E-state index in [0.717, 1.165) is 16.6 Å². The minimum absolute atomic E-state index is 0.0574. The van der Waals surface area contributed by atoms with Crippen molar-refractivity contribution in [2.45, 2.75) is 20.0 Å². The molecule has 0 spiro atoms. The van der Waals surface area contributed by atoms with E-state index in [0.29, 0.717) is 23.4 Å². The zero-order chi connectivity index (χ0) is 19.4. The van der Waals surface area contributed by atoms with Crippen LogP contribution < -0.4 is 5.32 Å². The minimum Gasteiger partial charge on any atom is -0.451 e. The molecule has 140 valence electrons. The van der Waals surface area contributed by atoms with Gasteiger partial charge in [0, 0.05) is 34.4 Å². The van der Waals surface area contributed by atoms with Gasteiger partial charge in [0.2, 0.25) is 5.78 Å². The third-order valence-corrected chi connectivity index (χ3v) is 4.37. The van der Waals surface area contributed by atoms with Crippen LogP contribution in [0.15, 0.2) is 48.5 Å². The van der Waals surface area contributed by atoms with E-state index in [-0.39, 0.29) is 12.4 Å².